The fourth-order valence-electron chi connectivity index (χ4n) is 1.04. The zero-order valence-corrected chi connectivity index (χ0v) is 10.1. The van der Waals surface area contributed by atoms with Gasteiger partial charge in [0.15, 0.2) is 5.69 Å². The van der Waals surface area contributed by atoms with Gasteiger partial charge in [0.2, 0.25) is 5.28 Å². The van der Waals surface area contributed by atoms with E-state index in [0.717, 1.165) is 17.8 Å². The van der Waals surface area contributed by atoms with E-state index in [9.17, 15) is 13.2 Å². The minimum Gasteiger partial charge on any atom is -0.245 e. The first-order chi connectivity index (χ1) is 8.45. The van der Waals surface area contributed by atoms with Gasteiger partial charge in [0.1, 0.15) is 16.4 Å². The van der Waals surface area contributed by atoms with Crippen LogP contribution in [0.15, 0.2) is 34.7 Å². The largest absolute Gasteiger partial charge is 0.433 e. The SMILES string of the molecule is FC(F)(F)c1cc(Sc2ccncn2)nc(Cl)n1. The summed E-state index contributed by atoms with van der Waals surface area (Å²) in [6.07, 6.45) is -1.80. The Bertz CT molecular complexity index is 549. The zero-order chi connectivity index (χ0) is 13.2. The maximum Gasteiger partial charge on any atom is 0.433 e. The van der Waals surface area contributed by atoms with Gasteiger partial charge in [-0.15, -0.1) is 0 Å². The van der Waals surface area contributed by atoms with Gasteiger partial charge in [-0.1, -0.05) is 0 Å². The molecular weight excluding hydrogens is 289 g/mol. The van der Waals surface area contributed by atoms with Crippen LogP contribution in [0.2, 0.25) is 5.28 Å². The highest BCUT2D eigenvalue weighted by Crippen LogP contribution is 2.32. The van der Waals surface area contributed by atoms with E-state index < -0.39 is 17.2 Å². The highest BCUT2D eigenvalue weighted by atomic mass is 35.5. The normalized spacial score (nSPS) is 11.6. The minimum absolute atomic E-state index is 0.0704. The molecule has 4 nitrogen and oxygen atoms in total. The van der Waals surface area contributed by atoms with Crippen molar-refractivity contribution in [2.24, 2.45) is 0 Å². The average Bonchev–Trinajstić information content (AvgIpc) is 2.28. The summed E-state index contributed by atoms with van der Waals surface area (Å²) >= 11 is 6.40. The standard InChI is InChI=1S/C9H4ClF3N4S/c10-8-16-5(9(11,12)13)3-7(17-8)18-6-1-2-14-4-15-6/h1-4H. The number of aromatic nitrogens is 4. The van der Waals surface area contributed by atoms with E-state index >= 15 is 0 Å². The average molecular weight is 293 g/mol. The highest BCUT2D eigenvalue weighted by Gasteiger charge is 2.33. The Hall–Kier alpha value is -1.41. The predicted molar refractivity (Wildman–Crippen MR) is 58.2 cm³/mol. The fourth-order valence-corrected chi connectivity index (χ4v) is 2.02. The van der Waals surface area contributed by atoms with Crippen LogP contribution in [0.1, 0.15) is 5.69 Å². The number of hydrogen-bond acceptors (Lipinski definition) is 5. The smallest absolute Gasteiger partial charge is 0.245 e. The summed E-state index contributed by atoms with van der Waals surface area (Å²) in [5, 5.41) is 0.0790. The lowest BCUT2D eigenvalue weighted by molar-refractivity contribution is -0.141. The van der Waals surface area contributed by atoms with Crippen LogP contribution in [0.4, 0.5) is 13.2 Å². The van der Waals surface area contributed by atoms with Crippen molar-refractivity contribution in [2.75, 3.05) is 0 Å². The van der Waals surface area contributed by atoms with Crippen LogP contribution in [0.25, 0.3) is 0 Å². The van der Waals surface area contributed by atoms with Gasteiger partial charge in [-0.25, -0.2) is 19.9 Å². The van der Waals surface area contributed by atoms with Gasteiger partial charge in [0.25, 0.3) is 0 Å². The first kappa shape index (κ1) is 13.0. The molecule has 2 aromatic rings. The third-order valence-corrected chi connectivity index (χ3v) is 2.77. The second-order valence-electron chi connectivity index (χ2n) is 3.01. The summed E-state index contributed by atoms with van der Waals surface area (Å²) in [4.78, 5) is 14.4. The molecule has 0 aliphatic carbocycles. The third kappa shape index (κ3) is 3.30. The Labute approximate surface area is 109 Å². The van der Waals surface area contributed by atoms with Crippen LogP contribution >= 0.6 is 23.4 Å². The van der Waals surface area contributed by atoms with E-state index in [2.05, 4.69) is 19.9 Å². The molecular formula is C9H4ClF3N4S. The van der Waals surface area contributed by atoms with Crippen LogP contribution in [0.5, 0.6) is 0 Å². The van der Waals surface area contributed by atoms with Crippen molar-refractivity contribution in [1.29, 1.82) is 0 Å². The molecule has 0 aliphatic rings. The molecule has 0 fully saturated rings. The molecule has 18 heavy (non-hydrogen) atoms. The van der Waals surface area contributed by atoms with Gasteiger partial charge in [0, 0.05) is 12.3 Å². The van der Waals surface area contributed by atoms with Gasteiger partial charge >= 0.3 is 6.18 Å². The Kier molecular flexibility index (Phi) is 3.67. The number of hydrogen-bond donors (Lipinski definition) is 0. The minimum atomic E-state index is -4.56. The van der Waals surface area contributed by atoms with Crippen molar-refractivity contribution in [3.05, 3.63) is 35.6 Å². The lowest BCUT2D eigenvalue weighted by Crippen LogP contribution is -2.09. The van der Waals surface area contributed by atoms with E-state index in [1.165, 1.54) is 12.5 Å². The molecule has 0 saturated carbocycles. The molecule has 2 heterocycles. The molecule has 0 spiro atoms. The molecule has 2 aromatic heterocycles. The van der Waals surface area contributed by atoms with Gasteiger partial charge in [0.05, 0.1) is 0 Å². The van der Waals surface area contributed by atoms with E-state index in [0.29, 0.717) is 5.03 Å². The predicted octanol–water partition coefficient (Wildman–Crippen LogP) is 3.09. The van der Waals surface area contributed by atoms with Gasteiger partial charge in [-0.3, -0.25) is 0 Å². The number of rotatable bonds is 2. The van der Waals surface area contributed by atoms with Crippen LogP contribution in [-0.4, -0.2) is 19.9 Å². The molecule has 0 saturated heterocycles. The summed E-state index contributed by atoms with van der Waals surface area (Å²) in [6.45, 7) is 0. The van der Waals surface area contributed by atoms with Crippen LogP contribution in [0.3, 0.4) is 0 Å². The van der Waals surface area contributed by atoms with E-state index in [1.54, 1.807) is 6.07 Å². The summed E-state index contributed by atoms with van der Waals surface area (Å²) < 4.78 is 37.5. The number of nitrogens with zero attached hydrogens (tertiary/aromatic N) is 4. The van der Waals surface area contributed by atoms with Gasteiger partial charge < -0.3 is 0 Å². The van der Waals surface area contributed by atoms with Crippen molar-refractivity contribution in [2.45, 2.75) is 16.2 Å². The van der Waals surface area contributed by atoms with Crippen molar-refractivity contribution in [3.8, 4) is 0 Å². The van der Waals surface area contributed by atoms with Crippen molar-refractivity contribution in [1.82, 2.24) is 19.9 Å². The summed E-state index contributed by atoms with van der Waals surface area (Å²) in [6, 6.07) is 2.37. The maximum atomic E-state index is 12.5. The number of alkyl halides is 3. The summed E-state index contributed by atoms with van der Waals surface area (Å²) in [5.41, 5.74) is -1.08. The molecule has 0 atom stereocenters. The Morgan fingerprint density at radius 1 is 1.17 bits per heavy atom. The van der Waals surface area contributed by atoms with Crippen molar-refractivity contribution < 1.29 is 13.2 Å². The van der Waals surface area contributed by atoms with Gasteiger partial charge in [-0.2, -0.15) is 13.2 Å². The molecule has 0 amide bonds. The molecule has 0 radical (unpaired) electrons. The van der Waals surface area contributed by atoms with Crippen LogP contribution in [0, 0.1) is 0 Å². The van der Waals surface area contributed by atoms with Crippen molar-refractivity contribution >= 4 is 23.4 Å². The second kappa shape index (κ2) is 5.07. The van der Waals surface area contributed by atoms with E-state index in [1.807, 2.05) is 0 Å². The van der Waals surface area contributed by atoms with Crippen LogP contribution < -0.4 is 0 Å². The molecule has 0 N–H and O–H groups in total. The molecule has 0 unspecified atom stereocenters. The third-order valence-electron chi connectivity index (χ3n) is 1.73. The second-order valence-corrected chi connectivity index (χ2v) is 4.39. The van der Waals surface area contributed by atoms with E-state index in [4.69, 9.17) is 11.6 Å². The summed E-state index contributed by atoms with van der Waals surface area (Å²) in [5.74, 6) is 0. The molecule has 0 aliphatic heterocycles. The fraction of sp³-hybridized carbons (Fsp3) is 0.111. The molecule has 9 heteroatoms. The molecule has 2 rings (SSSR count). The Morgan fingerprint density at radius 2 is 1.94 bits per heavy atom. The lowest BCUT2D eigenvalue weighted by atomic mass is 10.4. The van der Waals surface area contributed by atoms with Crippen molar-refractivity contribution in [3.63, 3.8) is 0 Å². The quantitative estimate of drug-likeness (QED) is 0.629. The molecule has 0 bridgehead atoms. The van der Waals surface area contributed by atoms with Gasteiger partial charge in [-0.05, 0) is 29.4 Å². The van der Waals surface area contributed by atoms with E-state index in [-0.39, 0.29) is 5.03 Å². The zero-order valence-electron chi connectivity index (χ0n) is 8.52. The van der Waals surface area contributed by atoms with Crippen LogP contribution in [-0.2, 0) is 6.18 Å². The molecule has 0 aromatic carbocycles. The maximum absolute atomic E-state index is 12.5. The monoisotopic (exact) mass is 292 g/mol. The summed E-state index contributed by atoms with van der Waals surface area (Å²) in [7, 11) is 0. The first-order valence-corrected chi connectivity index (χ1v) is 5.70. The molecule has 94 valence electrons. The lowest BCUT2D eigenvalue weighted by Gasteiger charge is -2.07. The number of halogens is 4. The Morgan fingerprint density at radius 3 is 2.56 bits per heavy atom. The first-order valence-electron chi connectivity index (χ1n) is 4.51. The Balaban J connectivity index is 2.32. The topological polar surface area (TPSA) is 51.6 Å². The highest BCUT2D eigenvalue weighted by molar-refractivity contribution is 7.99.